The van der Waals surface area contributed by atoms with Crippen molar-refractivity contribution in [1.82, 2.24) is 9.80 Å². The maximum absolute atomic E-state index is 14.5. The van der Waals surface area contributed by atoms with Gasteiger partial charge in [0.25, 0.3) is 0 Å². The Hall–Kier alpha value is -2.98. The second kappa shape index (κ2) is 10.5. The van der Waals surface area contributed by atoms with Crippen LogP contribution < -0.4 is 19.3 Å². The molecule has 2 aromatic carbocycles. The summed E-state index contributed by atoms with van der Waals surface area (Å²) in [6, 6.07) is 9.93. The third-order valence-corrected chi connectivity index (χ3v) is 8.82. The molecule has 1 aliphatic carbocycles. The Labute approximate surface area is 232 Å². The summed E-state index contributed by atoms with van der Waals surface area (Å²) in [5.41, 5.74) is 0.123. The van der Waals surface area contributed by atoms with Gasteiger partial charge in [0.1, 0.15) is 17.8 Å². The van der Waals surface area contributed by atoms with E-state index in [-0.39, 0.29) is 29.5 Å². The standard InChI is InChI=1S/C29H33ClN2O7/c1-17(33)29(28(35)36)16-31-12-11-24(29)32(14-18-7-8-18)22-10-9-19(30)13-21(22)26(39-15-25(32)34)20-5-4-6-23(37-2)27(20)38-3/h4-6,9-10,13,18,24,26,31H,7-8,11-12,14-16H2,1-3H3/p+1/t24-,26?,29+,32?/m1/s1. The van der Waals surface area contributed by atoms with Crippen molar-refractivity contribution in [2.45, 2.75) is 38.3 Å². The minimum Gasteiger partial charge on any atom is -0.493 e. The van der Waals surface area contributed by atoms with Crippen molar-refractivity contribution in [2.75, 3.05) is 40.5 Å². The monoisotopic (exact) mass is 557 g/mol. The number of methoxy groups -OCH3 is 2. The average Bonchev–Trinajstić information content (AvgIpc) is 3.76. The first-order valence-corrected chi connectivity index (χ1v) is 13.6. The Morgan fingerprint density at radius 1 is 1.15 bits per heavy atom. The molecule has 2 aliphatic heterocycles. The predicted molar refractivity (Wildman–Crippen MR) is 145 cm³/mol. The van der Waals surface area contributed by atoms with E-state index in [9.17, 15) is 19.5 Å². The maximum atomic E-state index is 14.5. The Bertz CT molecular complexity index is 1300. The van der Waals surface area contributed by atoms with Crippen molar-refractivity contribution in [2.24, 2.45) is 11.3 Å². The number of nitrogens with one attached hydrogen (secondary N) is 1. The van der Waals surface area contributed by atoms with Crippen LogP contribution in [0.15, 0.2) is 36.4 Å². The second-order valence-electron chi connectivity index (χ2n) is 10.7. The highest BCUT2D eigenvalue weighted by atomic mass is 35.5. The highest BCUT2D eigenvalue weighted by Crippen LogP contribution is 2.51. The fourth-order valence-electron chi connectivity index (χ4n) is 6.56. The Kier molecular flexibility index (Phi) is 7.45. The number of ether oxygens (including phenoxy) is 3. The van der Waals surface area contributed by atoms with Gasteiger partial charge in [0, 0.05) is 47.6 Å². The molecule has 0 spiro atoms. The maximum Gasteiger partial charge on any atom is 0.344 e. The molecule has 39 heavy (non-hydrogen) atoms. The zero-order chi connectivity index (χ0) is 27.9. The molecule has 0 bridgehead atoms. The third kappa shape index (κ3) is 4.41. The number of carboxylic acids is 1. The molecule has 2 unspecified atom stereocenters. The molecule has 1 saturated heterocycles. The molecular formula is C29H34ClN2O7+. The van der Waals surface area contributed by atoms with Crippen LogP contribution in [0.5, 0.6) is 11.5 Å². The first kappa shape index (κ1) is 27.6. The fourth-order valence-corrected chi connectivity index (χ4v) is 6.74. The number of Topliss-reactive ketones (excluding diaryl/α,β-unsaturated/α-hetero) is 1. The number of carbonyl (C=O) groups excluding carboxylic acids is 2. The Morgan fingerprint density at radius 3 is 2.56 bits per heavy atom. The number of para-hydroxylation sites is 1. The zero-order valence-electron chi connectivity index (χ0n) is 22.4. The lowest BCUT2D eigenvalue weighted by molar-refractivity contribution is -0.163. The molecule has 5 rings (SSSR count). The summed E-state index contributed by atoms with van der Waals surface area (Å²) >= 11 is 6.54. The zero-order valence-corrected chi connectivity index (χ0v) is 23.1. The number of aliphatic carboxylic acids is 1. The lowest BCUT2D eigenvalue weighted by Gasteiger charge is -2.50. The number of nitrogens with zero attached hydrogens (tertiary/aromatic N) is 1. The summed E-state index contributed by atoms with van der Waals surface area (Å²) < 4.78 is 17.3. The first-order chi connectivity index (χ1) is 18.7. The number of quaternary nitrogens is 1. The summed E-state index contributed by atoms with van der Waals surface area (Å²) in [6.07, 6.45) is 1.47. The lowest BCUT2D eigenvalue weighted by Crippen LogP contribution is -2.74. The number of hydrogen-bond donors (Lipinski definition) is 2. The van der Waals surface area contributed by atoms with Crippen molar-refractivity contribution >= 4 is 34.9 Å². The predicted octanol–water partition coefficient (Wildman–Crippen LogP) is 3.74. The van der Waals surface area contributed by atoms with Crippen LogP contribution in [0.4, 0.5) is 5.69 Å². The van der Waals surface area contributed by atoms with Crippen LogP contribution in [0.25, 0.3) is 0 Å². The van der Waals surface area contributed by atoms with Crippen LogP contribution in [0.1, 0.15) is 43.4 Å². The number of carbonyl (C=O) groups is 3. The summed E-state index contributed by atoms with van der Waals surface area (Å²) in [7, 11) is 3.09. The van der Waals surface area contributed by atoms with E-state index in [4.69, 9.17) is 25.8 Å². The van der Waals surface area contributed by atoms with Gasteiger partial charge < -0.3 is 24.6 Å². The quantitative estimate of drug-likeness (QED) is 0.373. The van der Waals surface area contributed by atoms with Gasteiger partial charge >= 0.3 is 11.9 Å². The highest BCUT2D eigenvalue weighted by Gasteiger charge is 2.65. The summed E-state index contributed by atoms with van der Waals surface area (Å²) in [5, 5.41) is 14.1. The first-order valence-electron chi connectivity index (χ1n) is 13.2. The summed E-state index contributed by atoms with van der Waals surface area (Å²) in [6.45, 7) is 1.87. The molecule has 1 amide bonds. The Balaban J connectivity index is 1.80. The molecule has 1 saturated carbocycles. The van der Waals surface area contributed by atoms with Gasteiger partial charge in [-0.2, -0.15) is 0 Å². The van der Waals surface area contributed by atoms with Gasteiger partial charge in [-0.15, -0.1) is 0 Å². The van der Waals surface area contributed by atoms with Crippen LogP contribution >= 0.6 is 11.6 Å². The van der Waals surface area contributed by atoms with Crippen LogP contribution in [-0.2, 0) is 19.1 Å². The molecule has 9 nitrogen and oxygen atoms in total. The van der Waals surface area contributed by atoms with Gasteiger partial charge in [0.2, 0.25) is 0 Å². The van der Waals surface area contributed by atoms with E-state index < -0.39 is 29.3 Å². The minimum absolute atomic E-state index is 0.0444. The smallest absolute Gasteiger partial charge is 0.344 e. The van der Waals surface area contributed by atoms with Gasteiger partial charge in [-0.3, -0.25) is 9.59 Å². The van der Waals surface area contributed by atoms with E-state index in [0.717, 1.165) is 12.8 Å². The van der Waals surface area contributed by atoms with E-state index >= 15 is 0 Å². The van der Waals surface area contributed by atoms with Crippen LogP contribution in [0.3, 0.4) is 0 Å². The average molecular weight is 558 g/mol. The summed E-state index contributed by atoms with van der Waals surface area (Å²) in [4.78, 5) is 40.6. The SMILES string of the molecule is COc1cccc(C2OCC(=O)[N+](CC3CC3)([C@@H]3CCNC[C@@]3(C(C)=O)C(=O)O)c3ccc(Cl)cc32)c1OC. The summed E-state index contributed by atoms with van der Waals surface area (Å²) in [5.74, 6) is -0.755. The minimum atomic E-state index is -1.78. The molecule has 2 aromatic rings. The molecule has 10 heteroatoms. The van der Waals surface area contributed by atoms with Crippen LogP contribution in [0.2, 0.25) is 5.02 Å². The molecular weight excluding hydrogens is 524 g/mol. The number of fused-ring (bicyclic) bond motifs is 1. The van der Waals surface area contributed by atoms with Gasteiger partial charge in [0.05, 0.1) is 20.8 Å². The van der Waals surface area contributed by atoms with Crippen molar-refractivity contribution in [1.29, 1.82) is 0 Å². The number of benzene rings is 2. The van der Waals surface area contributed by atoms with Gasteiger partial charge in [-0.1, -0.05) is 23.7 Å². The molecule has 0 aromatic heterocycles. The lowest BCUT2D eigenvalue weighted by atomic mass is 9.70. The van der Waals surface area contributed by atoms with E-state index in [1.54, 1.807) is 38.5 Å². The highest BCUT2D eigenvalue weighted by molar-refractivity contribution is 6.30. The van der Waals surface area contributed by atoms with E-state index in [1.165, 1.54) is 6.92 Å². The van der Waals surface area contributed by atoms with Crippen LogP contribution in [-0.4, -0.2) is 69.3 Å². The molecule has 0 radical (unpaired) electrons. The normalized spacial score (nSPS) is 28.8. The van der Waals surface area contributed by atoms with Crippen LogP contribution in [0, 0.1) is 11.3 Å². The Morgan fingerprint density at radius 2 is 1.92 bits per heavy atom. The number of piperidine rings is 1. The number of hydrogen-bond acceptors (Lipinski definition) is 7. The molecule has 2 N–H and O–H groups in total. The number of halogens is 1. The van der Waals surface area contributed by atoms with E-state index in [2.05, 4.69) is 5.32 Å². The molecule has 2 fully saturated rings. The largest absolute Gasteiger partial charge is 0.493 e. The second-order valence-corrected chi connectivity index (χ2v) is 11.1. The van der Waals surface area contributed by atoms with Crippen molar-refractivity contribution in [3.05, 3.63) is 52.5 Å². The number of amides is 1. The number of carboxylic acid groups (broad SMARTS) is 1. The van der Waals surface area contributed by atoms with Crippen molar-refractivity contribution in [3.63, 3.8) is 0 Å². The third-order valence-electron chi connectivity index (χ3n) is 8.59. The number of rotatable bonds is 8. The molecule has 4 atom stereocenters. The topological polar surface area (TPSA) is 111 Å². The van der Waals surface area contributed by atoms with E-state index in [0.29, 0.717) is 52.8 Å². The van der Waals surface area contributed by atoms with Crippen molar-refractivity contribution in [3.8, 4) is 11.5 Å². The van der Waals surface area contributed by atoms with Gasteiger partial charge in [-0.25, -0.2) is 9.28 Å². The fraction of sp³-hybridized carbons (Fsp3) is 0.483. The van der Waals surface area contributed by atoms with Gasteiger partial charge in [0.15, 0.2) is 29.3 Å². The molecule has 2 heterocycles. The van der Waals surface area contributed by atoms with Gasteiger partial charge in [-0.05, 0) is 38.0 Å². The molecule has 3 aliphatic rings. The van der Waals surface area contributed by atoms with E-state index in [1.807, 2.05) is 12.1 Å². The van der Waals surface area contributed by atoms with Crippen molar-refractivity contribution < 1.29 is 33.7 Å². The number of ketones is 1. The molecule has 208 valence electrons.